The molecule has 0 saturated carbocycles. The maximum atomic E-state index is 9.68. The monoisotopic (exact) mass is 393 g/mol. The summed E-state index contributed by atoms with van der Waals surface area (Å²) in [6.45, 7) is 8.56. The van der Waals surface area contributed by atoms with Gasteiger partial charge in [-0.3, -0.25) is 0 Å². The van der Waals surface area contributed by atoms with Gasteiger partial charge in [-0.2, -0.15) is 0 Å². The summed E-state index contributed by atoms with van der Waals surface area (Å²) >= 11 is 6.68. The Hall–Kier alpha value is -0.100. The number of hydrogen-bond donors (Lipinski definition) is 2. The summed E-state index contributed by atoms with van der Waals surface area (Å²) in [7, 11) is 0. The standard InChI is InChI=1S/C14H21Br2NO2/c1-4-19-8-13(9(2)3)17-7-10-5-11(15)14(18)12(16)6-10/h5-6,9,13,17-18H,4,7-8H2,1-3H3. The van der Waals surface area contributed by atoms with Gasteiger partial charge in [0.15, 0.2) is 0 Å². The molecule has 19 heavy (non-hydrogen) atoms. The molecule has 1 atom stereocenters. The van der Waals surface area contributed by atoms with Crippen molar-refractivity contribution < 1.29 is 9.84 Å². The first-order valence-electron chi connectivity index (χ1n) is 6.43. The zero-order chi connectivity index (χ0) is 14.4. The topological polar surface area (TPSA) is 41.5 Å². The lowest BCUT2D eigenvalue weighted by Gasteiger charge is -2.22. The average molecular weight is 395 g/mol. The minimum Gasteiger partial charge on any atom is -0.506 e. The van der Waals surface area contributed by atoms with Gasteiger partial charge in [0.2, 0.25) is 0 Å². The van der Waals surface area contributed by atoms with E-state index < -0.39 is 0 Å². The Morgan fingerprint density at radius 1 is 1.26 bits per heavy atom. The van der Waals surface area contributed by atoms with Crippen LogP contribution in [0.3, 0.4) is 0 Å². The number of benzene rings is 1. The highest BCUT2D eigenvalue weighted by Gasteiger charge is 2.13. The fourth-order valence-electron chi connectivity index (χ4n) is 1.70. The van der Waals surface area contributed by atoms with Crippen LogP contribution >= 0.6 is 31.9 Å². The summed E-state index contributed by atoms with van der Waals surface area (Å²) in [6.07, 6.45) is 0. The van der Waals surface area contributed by atoms with Crippen molar-refractivity contribution in [1.82, 2.24) is 5.32 Å². The van der Waals surface area contributed by atoms with Crippen molar-refractivity contribution in [3.63, 3.8) is 0 Å². The molecule has 0 amide bonds. The van der Waals surface area contributed by atoms with Gasteiger partial charge in [-0.1, -0.05) is 13.8 Å². The Morgan fingerprint density at radius 2 is 1.84 bits per heavy atom. The number of halogens is 2. The summed E-state index contributed by atoms with van der Waals surface area (Å²) in [5, 5.41) is 13.2. The zero-order valence-electron chi connectivity index (χ0n) is 11.5. The molecule has 0 aliphatic heterocycles. The third-order valence-electron chi connectivity index (χ3n) is 2.95. The molecule has 0 radical (unpaired) electrons. The van der Waals surface area contributed by atoms with Crippen molar-refractivity contribution in [2.75, 3.05) is 13.2 Å². The van der Waals surface area contributed by atoms with E-state index in [1.54, 1.807) is 0 Å². The second-order valence-corrected chi connectivity index (χ2v) is 6.51. The van der Waals surface area contributed by atoms with Crippen molar-refractivity contribution in [2.24, 2.45) is 5.92 Å². The molecule has 2 N–H and O–H groups in total. The van der Waals surface area contributed by atoms with Crippen LogP contribution in [0, 0.1) is 5.92 Å². The summed E-state index contributed by atoms with van der Waals surface area (Å²) in [5.74, 6) is 0.744. The first-order chi connectivity index (χ1) is 8.95. The molecule has 0 heterocycles. The smallest absolute Gasteiger partial charge is 0.143 e. The Labute approximate surface area is 132 Å². The van der Waals surface area contributed by atoms with Crippen LogP contribution in [0.2, 0.25) is 0 Å². The van der Waals surface area contributed by atoms with Crippen LogP contribution in [0.1, 0.15) is 26.3 Å². The Bertz CT molecular complexity index is 387. The van der Waals surface area contributed by atoms with Gasteiger partial charge in [-0.15, -0.1) is 0 Å². The van der Waals surface area contributed by atoms with E-state index in [2.05, 4.69) is 51.0 Å². The molecule has 3 nitrogen and oxygen atoms in total. The average Bonchev–Trinajstić information content (AvgIpc) is 2.35. The van der Waals surface area contributed by atoms with Crippen LogP contribution in [0.4, 0.5) is 0 Å². The summed E-state index contributed by atoms with van der Waals surface area (Å²) < 4.78 is 6.89. The van der Waals surface area contributed by atoms with E-state index in [4.69, 9.17) is 4.74 Å². The quantitative estimate of drug-likeness (QED) is 0.732. The first kappa shape index (κ1) is 17.0. The van der Waals surface area contributed by atoms with Gasteiger partial charge in [0.05, 0.1) is 15.6 Å². The van der Waals surface area contributed by atoms with Gasteiger partial charge in [0.1, 0.15) is 5.75 Å². The number of phenols is 1. The number of hydrogen-bond acceptors (Lipinski definition) is 3. The van der Waals surface area contributed by atoms with Gasteiger partial charge >= 0.3 is 0 Å². The molecule has 1 rings (SSSR count). The van der Waals surface area contributed by atoms with Crippen molar-refractivity contribution in [1.29, 1.82) is 0 Å². The van der Waals surface area contributed by atoms with Crippen LogP contribution in [-0.4, -0.2) is 24.4 Å². The van der Waals surface area contributed by atoms with Crippen molar-refractivity contribution in [2.45, 2.75) is 33.4 Å². The normalized spacial score (nSPS) is 12.9. The molecule has 0 aliphatic rings. The van der Waals surface area contributed by atoms with Crippen LogP contribution in [-0.2, 0) is 11.3 Å². The second-order valence-electron chi connectivity index (χ2n) is 4.80. The van der Waals surface area contributed by atoms with E-state index in [1.165, 1.54) is 0 Å². The van der Waals surface area contributed by atoms with Crippen LogP contribution in [0.25, 0.3) is 0 Å². The second kappa shape index (κ2) is 8.25. The van der Waals surface area contributed by atoms with E-state index in [9.17, 15) is 5.11 Å². The molecule has 108 valence electrons. The lowest BCUT2D eigenvalue weighted by Crippen LogP contribution is -2.37. The summed E-state index contributed by atoms with van der Waals surface area (Å²) in [6, 6.07) is 4.17. The molecule has 1 aromatic carbocycles. The predicted octanol–water partition coefficient (Wildman–Crippen LogP) is 4.07. The van der Waals surface area contributed by atoms with Crippen molar-refractivity contribution >= 4 is 31.9 Å². The SMILES string of the molecule is CCOCC(NCc1cc(Br)c(O)c(Br)c1)C(C)C. The molecular formula is C14H21Br2NO2. The molecular weight excluding hydrogens is 374 g/mol. The van der Waals surface area contributed by atoms with E-state index in [-0.39, 0.29) is 5.75 Å². The summed E-state index contributed by atoms with van der Waals surface area (Å²) in [4.78, 5) is 0. The fraction of sp³-hybridized carbons (Fsp3) is 0.571. The van der Waals surface area contributed by atoms with Crippen LogP contribution in [0.15, 0.2) is 21.1 Å². The summed E-state index contributed by atoms with van der Waals surface area (Å²) in [5.41, 5.74) is 1.11. The lowest BCUT2D eigenvalue weighted by molar-refractivity contribution is 0.108. The first-order valence-corrected chi connectivity index (χ1v) is 8.02. The van der Waals surface area contributed by atoms with Gasteiger partial charge in [0.25, 0.3) is 0 Å². The molecule has 1 aromatic rings. The third kappa shape index (κ3) is 5.42. The van der Waals surface area contributed by atoms with E-state index in [0.29, 0.717) is 27.5 Å². The third-order valence-corrected chi connectivity index (χ3v) is 4.16. The highest BCUT2D eigenvalue weighted by molar-refractivity contribution is 9.11. The highest BCUT2D eigenvalue weighted by Crippen LogP contribution is 2.33. The highest BCUT2D eigenvalue weighted by atomic mass is 79.9. The molecule has 0 aromatic heterocycles. The largest absolute Gasteiger partial charge is 0.506 e. The molecule has 0 aliphatic carbocycles. The zero-order valence-corrected chi connectivity index (χ0v) is 14.7. The van der Waals surface area contributed by atoms with Gasteiger partial charge in [-0.25, -0.2) is 0 Å². The van der Waals surface area contributed by atoms with Gasteiger partial charge < -0.3 is 15.2 Å². The van der Waals surface area contributed by atoms with Crippen LogP contribution in [0.5, 0.6) is 5.75 Å². The molecule has 0 saturated heterocycles. The van der Waals surface area contributed by atoms with Gasteiger partial charge in [0, 0.05) is 19.2 Å². The maximum absolute atomic E-state index is 9.68. The molecule has 0 fully saturated rings. The van der Waals surface area contributed by atoms with Crippen molar-refractivity contribution in [3.05, 3.63) is 26.6 Å². The van der Waals surface area contributed by atoms with Gasteiger partial charge in [-0.05, 0) is 62.4 Å². The Balaban J connectivity index is 2.63. The minimum absolute atomic E-state index is 0.235. The fourth-order valence-corrected chi connectivity index (χ4v) is 2.98. The minimum atomic E-state index is 0.235. The number of aromatic hydroxyl groups is 1. The molecule has 1 unspecified atom stereocenters. The maximum Gasteiger partial charge on any atom is 0.143 e. The van der Waals surface area contributed by atoms with E-state index >= 15 is 0 Å². The Kier molecular flexibility index (Phi) is 7.36. The van der Waals surface area contributed by atoms with E-state index in [1.807, 2.05) is 19.1 Å². The van der Waals surface area contributed by atoms with Crippen molar-refractivity contribution in [3.8, 4) is 5.75 Å². The molecule has 5 heteroatoms. The molecule has 0 spiro atoms. The number of rotatable bonds is 7. The Morgan fingerprint density at radius 3 is 2.32 bits per heavy atom. The lowest BCUT2D eigenvalue weighted by atomic mass is 10.0. The molecule has 0 bridgehead atoms. The number of ether oxygens (including phenoxy) is 1. The number of phenolic OH excluding ortho intramolecular Hbond substituents is 1. The number of nitrogens with one attached hydrogen (secondary N) is 1. The van der Waals surface area contributed by atoms with E-state index in [0.717, 1.165) is 18.7 Å². The van der Waals surface area contributed by atoms with Crippen LogP contribution < -0.4 is 5.32 Å². The predicted molar refractivity (Wildman–Crippen MR) is 85.5 cm³/mol.